The second-order valence-corrected chi connectivity index (χ2v) is 5.31. The summed E-state index contributed by atoms with van der Waals surface area (Å²) in [5.41, 5.74) is 0.577. The van der Waals surface area contributed by atoms with Crippen LogP contribution in [0.25, 0.3) is 0 Å². The van der Waals surface area contributed by atoms with Gasteiger partial charge >= 0.3 is 6.03 Å². The maximum Gasteiger partial charge on any atom is 0.319 e. The summed E-state index contributed by atoms with van der Waals surface area (Å²) in [4.78, 5) is 14.0. The lowest BCUT2D eigenvalue weighted by Crippen LogP contribution is -2.43. The first-order valence-corrected chi connectivity index (χ1v) is 6.96. The fraction of sp³-hybridized carbons (Fsp3) is 0.533. The predicted octanol–water partition coefficient (Wildman–Crippen LogP) is 3.07. The Hall–Kier alpha value is -1.62. The molecular formula is C15H24FN3O. The summed E-state index contributed by atoms with van der Waals surface area (Å²) in [7, 11) is 0. The van der Waals surface area contributed by atoms with Crippen LogP contribution in [0.2, 0.25) is 0 Å². The number of carbonyl (C=O) groups is 1. The van der Waals surface area contributed by atoms with Gasteiger partial charge in [-0.15, -0.1) is 0 Å². The first-order chi connectivity index (χ1) is 9.40. The number of nitrogens with zero attached hydrogens (tertiary/aromatic N) is 1. The molecule has 0 spiro atoms. The van der Waals surface area contributed by atoms with Gasteiger partial charge in [-0.2, -0.15) is 0 Å². The number of anilines is 1. The summed E-state index contributed by atoms with van der Waals surface area (Å²) in [6.45, 7) is 9.92. The lowest BCUT2D eigenvalue weighted by molar-refractivity contribution is 0.176. The minimum Gasteiger partial charge on any atom is -0.337 e. The highest BCUT2D eigenvalue weighted by molar-refractivity contribution is 5.89. The summed E-state index contributed by atoms with van der Waals surface area (Å²) in [5.74, 6) is -0.319. The molecule has 0 aliphatic rings. The van der Waals surface area contributed by atoms with Gasteiger partial charge in [0.05, 0.1) is 0 Å². The summed E-state index contributed by atoms with van der Waals surface area (Å²) < 4.78 is 12.7. The highest BCUT2D eigenvalue weighted by Gasteiger charge is 2.12. The van der Waals surface area contributed by atoms with E-state index in [0.717, 1.165) is 6.54 Å². The largest absolute Gasteiger partial charge is 0.337 e. The van der Waals surface area contributed by atoms with Crippen LogP contribution >= 0.6 is 0 Å². The van der Waals surface area contributed by atoms with E-state index in [1.165, 1.54) is 24.3 Å². The Kier molecular flexibility index (Phi) is 6.45. The van der Waals surface area contributed by atoms with E-state index in [4.69, 9.17) is 0 Å². The summed E-state index contributed by atoms with van der Waals surface area (Å²) in [6, 6.07) is 6.30. The molecule has 0 unspecified atom stereocenters. The van der Waals surface area contributed by atoms with Crippen molar-refractivity contribution >= 4 is 11.7 Å². The van der Waals surface area contributed by atoms with Crippen LogP contribution in [0.3, 0.4) is 0 Å². The molecule has 1 aromatic carbocycles. The van der Waals surface area contributed by atoms with Crippen molar-refractivity contribution in [1.29, 1.82) is 0 Å². The number of urea groups is 1. The van der Waals surface area contributed by atoms with Crippen LogP contribution in [0.1, 0.15) is 27.7 Å². The zero-order valence-corrected chi connectivity index (χ0v) is 12.6. The Morgan fingerprint density at radius 3 is 2.20 bits per heavy atom. The van der Waals surface area contributed by atoms with E-state index in [1.54, 1.807) is 0 Å². The van der Waals surface area contributed by atoms with Gasteiger partial charge in [-0.3, -0.25) is 4.90 Å². The Bertz CT molecular complexity index is 410. The van der Waals surface area contributed by atoms with Crippen LogP contribution < -0.4 is 10.6 Å². The molecule has 112 valence electrons. The Balaban J connectivity index is 2.34. The van der Waals surface area contributed by atoms with Crippen molar-refractivity contribution in [2.75, 3.05) is 18.4 Å². The zero-order valence-electron chi connectivity index (χ0n) is 12.6. The van der Waals surface area contributed by atoms with Crippen LogP contribution in [0.5, 0.6) is 0 Å². The van der Waals surface area contributed by atoms with E-state index in [2.05, 4.69) is 43.2 Å². The monoisotopic (exact) mass is 281 g/mol. The molecule has 5 heteroatoms. The van der Waals surface area contributed by atoms with E-state index >= 15 is 0 Å². The van der Waals surface area contributed by atoms with Crippen LogP contribution in [-0.2, 0) is 0 Å². The number of nitrogens with one attached hydrogen (secondary N) is 2. The van der Waals surface area contributed by atoms with Gasteiger partial charge in [0.1, 0.15) is 5.82 Å². The lowest BCUT2D eigenvalue weighted by atomic mass is 10.2. The minimum atomic E-state index is -0.319. The SMILES string of the molecule is CC(C)N(CCNC(=O)Nc1ccc(F)cc1)C(C)C. The van der Waals surface area contributed by atoms with Gasteiger partial charge in [-0.1, -0.05) is 0 Å². The van der Waals surface area contributed by atoms with Gasteiger partial charge in [-0.25, -0.2) is 9.18 Å². The molecule has 0 fully saturated rings. The zero-order chi connectivity index (χ0) is 15.1. The average molecular weight is 281 g/mol. The maximum atomic E-state index is 12.7. The molecule has 0 saturated carbocycles. The lowest BCUT2D eigenvalue weighted by Gasteiger charge is -2.30. The molecule has 0 heterocycles. The first-order valence-electron chi connectivity index (χ1n) is 6.96. The minimum absolute atomic E-state index is 0.274. The van der Waals surface area contributed by atoms with Crippen molar-refractivity contribution in [2.24, 2.45) is 0 Å². The van der Waals surface area contributed by atoms with Crippen molar-refractivity contribution in [1.82, 2.24) is 10.2 Å². The molecule has 0 atom stereocenters. The van der Waals surface area contributed by atoms with E-state index in [-0.39, 0.29) is 11.8 Å². The van der Waals surface area contributed by atoms with Crippen LogP contribution in [0.4, 0.5) is 14.9 Å². The molecule has 0 bridgehead atoms. The highest BCUT2D eigenvalue weighted by atomic mass is 19.1. The molecule has 0 aliphatic heterocycles. The molecule has 2 amide bonds. The Labute approximate surface area is 120 Å². The first kappa shape index (κ1) is 16.4. The van der Waals surface area contributed by atoms with Crippen LogP contribution in [-0.4, -0.2) is 36.1 Å². The summed E-state index contributed by atoms with van der Waals surface area (Å²) >= 11 is 0. The summed E-state index contributed by atoms with van der Waals surface area (Å²) in [6.07, 6.45) is 0. The molecule has 4 nitrogen and oxygen atoms in total. The smallest absolute Gasteiger partial charge is 0.319 e. The van der Waals surface area contributed by atoms with E-state index in [0.29, 0.717) is 24.3 Å². The Morgan fingerprint density at radius 1 is 1.15 bits per heavy atom. The third-order valence-electron chi connectivity index (χ3n) is 3.08. The fourth-order valence-corrected chi connectivity index (χ4v) is 2.12. The number of hydrogen-bond donors (Lipinski definition) is 2. The van der Waals surface area contributed by atoms with Gasteiger partial charge in [0, 0.05) is 30.9 Å². The third kappa shape index (κ3) is 5.57. The molecule has 0 aliphatic carbocycles. The maximum absolute atomic E-state index is 12.7. The molecule has 1 aromatic rings. The number of halogens is 1. The predicted molar refractivity (Wildman–Crippen MR) is 80.4 cm³/mol. The van der Waals surface area contributed by atoms with Crippen LogP contribution in [0, 0.1) is 5.82 Å². The van der Waals surface area contributed by atoms with E-state index in [1.807, 2.05) is 0 Å². The topological polar surface area (TPSA) is 44.4 Å². The van der Waals surface area contributed by atoms with Crippen molar-refractivity contribution in [3.63, 3.8) is 0 Å². The molecule has 0 aromatic heterocycles. The van der Waals surface area contributed by atoms with Gasteiger partial charge in [0.2, 0.25) is 0 Å². The molecular weight excluding hydrogens is 257 g/mol. The number of carbonyl (C=O) groups excluding carboxylic acids is 1. The van der Waals surface area contributed by atoms with Crippen LogP contribution in [0.15, 0.2) is 24.3 Å². The van der Waals surface area contributed by atoms with Crippen molar-refractivity contribution in [3.8, 4) is 0 Å². The second kappa shape index (κ2) is 7.85. The van der Waals surface area contributed by atoms with Crippen molar-refractivity contribution in [3.05, 3.63) is 30.1 Å². The highest BCUT2D eigenvalue weighted by Crippen LogP contribution is 2.07. The quantitative estimate of drug-likeness (QED) is 0.841. The number of amides is 2. The number of hydrogen-bond acceptors (Lipinski definition) is 2. The number of rotatable bonds is 6. The van der Waals surface area contributed by atoms with Crippen molar-refractivity contribution in [2.45, 2.75) is 39.8 Å². The average Bonchev–Trinajstić information content (AvgIpc) is 2.36. The molecule has 2 N–H and O–H groups in total. The van der Waals surface area contributed by atoms with Gasteiger partial charge < -0.3 is 10.6 Å². The third-order valence-corrected chi connectivity index (χ3v) is 3.08. The molecule has 0 saturated heterocycles. The van der Waals surface area contributed by atoms with Gasteiger partial charge in [0.25, 0.3) is 0 Å². The van der Waals surface area contributed by atoms with Gasteiger partial charge in [0.15, 0.2) is 0 Å². The molecule has 20 heavy (non-hydrogen) atoms. The van der Waals surface area contributed by atoms with E-state index < -0.39 is 0 Å². The summed E-state index contributed by atoms with van der Waals surface area (Å²) in [5, 5.41) is 5.47. The molecule has 0 radical (unpaired) electrons. The second-order valence-electron chi connectivity index (χ2n) is 5.31. The fourth-order valence-electron chi connectivity index (χ4n) is 2.12. The standard InChI is InChI=1S/C15H24FN3O/c1-11(2)19(12(3)4)10-9-17-15(20)18-14-7-5-13(16)6-8-14/h5-8,11-12H,9-10H2,1-4H3,(H2,17,18,20). The number of benzene rings is 1. The molecule has 1 rings (SSSR count). The van der Waals surface area contributed by atoms with Gasteiger partial charge in [-0.05, 0) is 52.0 Å². The normalized spacial score (nSPS) is 11.2. The van der Waals surface area contributed by atoms with E-state index in [9.17, 15) is 9.18 Å². The Morgan fingerprint density at radius 2 is 1.70 bits per heavy atom. The van der Waals surface area contributed by atoms with Crippen molar-refractivity contribution < 1.29 is 9.18 Å².